The fraction of sp³-hybridized carbons (Fsp3) is 0.235. The van der Waals surface area contributed by atoms with E-state index >= 15 is 0 Å². The van der Waals surface area contributed by atoms with Gasteiger partial charge in [0.15, 0.2) is 0 Å². The molecule has 2 aromatic rings. The van der Waals surface area contributed by atoms with Crippen LogP contribution in [-0.4, -0.2) is 11.1 Å². The molecule has 0 bridgehead atoms. The molecule has 0 saturated heterocycles. The van der Waals surface area contributed by atoms with Crippen LogP contribution >= 0.6 is 11.6 Å². The second-order valence-electron chi connectivity index (χ2n) is 5.53. The molecule has 1 aliphatic carbocycles. The van der Waals surface area contributed by atoms with Crippen molar-refractivity contribution < 1.29 is 14.4 Å². The van der Waals surface area contributed by atoms with E-state index in [-0.39, 0.29) is 16.8 Å². The number of aryl methyl sites for hydroxylation is 1. The minimum Gasteiger partial charge on any atom is -0.289 e. The summed E-state index contributed by atoms with van der Waals surface area (Å²) in [5, 5.41) is 8.86. The average Bonchev–Trinajstić information content (AvgIpc) is 2.55. The number of benzene rings is 2. The van der Waals surface area contributed by atoms with Crippen LogP contribution in [0, 0.1) is 11.7 Å². The highest BCUT2D eigenvalue weighted by atomic mass is 35.5. The third-order valence-corrected chi connectivity index (χ3v) is 4.46. The molecule has 3 nitrogen and oxygen atoms in total. The summed E-state index contributed by atoms with van der Waals surface area (Å²) in [5.74, 6) is -1.01. The standard InChI is InChI=1S/C17H15ClFNO2/c18-15-9-12(5-6-16(15)19)11-3-1-10-2-4-13(17(21)20-22)8-14(10)7-11/h1,3,5-7,9,13,22H,2,4,8H2,(H,20,21). The molecule has 1 atom stereocenters. The van der Waals surface area contributed by atoms with E-state index in [4.69, 9.17) is 16.8 Å². The summed E-state index contributed by atoms with van der Waals surface area (Å²) in [6, 6.07) is 10.7. The largest absolute Gasteiger partial charge is 0.289 e. The minimum absolute atomic E-state index is 0.0905. The normalized spacial score (nSPS) is 17.0. The highest BCUT2D eigenvalue weighted by Crippen LogP contribution is 2.31. The Bertz CT molecular complexity index is 733. The zero-order valence-corrected chi connectivity index (χ0v) is 12.5. The van der Waals surface area contributed by atoms with Gasteiger partial charge in [-0.1, -0.05) is 35.9 Å². The van der Waals surface area contributed by atoms with Crippen molar-refractivity contribution >= 4 is 17.5 Å². The zero-order valence-electron chi connectivity index (χ0n) is 11.8. The van der Waals surface area contributed by atoms with Gasteiger partial charge >= 0.3 is 0 Å². The molecule has 114 valence electrons. The van der Waals surface area contributed by atoms with E-state index in [2.05, 4.69) is 0 Å². The Labute approximate surface area is 132 Å². The Morgan fingerprint density at radius 2 is 1.91 bits per heavy atom. The van der Waals surface area contributed by atoms with Crippen LogP contribution in [0.4, 0.5) is 4.39 Å². The van der Waals surface area contributed by atoms with Gasteiger partial charge in [0.05, 0.1) is 5.02 Å². The summed E-state index contributed by atoms with van der Waals surface area (Å²) in [6.07, 6.45) is 2.11. The van der Waals surface area contributed by atoms with Gasteiger partial charge in [0.25, 0.3) is 0 Å². The molecular formula is C17H15ClFNO2. The number of carbonyl (C=O) groups excluding carboxylic acids is 1. The van der Waals surface area contributed by atoms with Crippen LogP contribution in [0.25, 0.3) is 11.1 Å². The molecule has 2 aromatic carbocycles. The maximum atomic E-state index is 13.3. The summed E-state index contributed by atoms with van der Waals surface area (Å²) >= 11 is 5.83. The molecule has 2 N–H and O–H groups in total. The number of hydrogen-bond donors (Lipinski definition) is 2. The second-order valence-corrected chi connectivity index (χ2v) is 5.94. The van der Waals surface area contributed by atoms with Gasteiger partial charge in [-0.2, -0.15) is 0 Å². The van der Waals surface area contributed by atoms with Crippen LogP contribution in [0.2, 0.25) is 5.02 Å². The quantitative estimate of drug-likeness (QED) is 0.654. The number of carbonyl (C=O) groups is 1. The lowest BCUT2D eigenvalue weighted by Gasteiger charge is -2.23. The predicted molar refractivity (Wildman–Crippen MR) is 82.3 cm³/mol. The lowest BCUT2D eigenvalue weighted by Crippen LogP contribution is -2.31. The molecule has 0 fully saturated rings. The lowest BCUT2D eigenvalue weighted by molar-refractivity contribution is -0.133. The highest BCUT2D eigenvalue weighted by Gasteiger charge is 2.24. The number of fused-ring (bicyclic) bond motifs is 1. The van der Waals surface area contributed by atoms with Gasteiger partial charge in [-0.25, -0.2) is 9.87 Å². The smallest absolute Gasteiger partial charge is 0.246 e. The van der Waals surface area contributed by atoms with Crippen molar-refractivity contribution in [1.82, 2.24) is 5.48 Å². The molecule has 0 radical (unpaired) electrons. The highest BCUT2D eigenvalue weighted by molar-refractivity contribution is 6.31. The first-order valence-electron chi connectivity index (χ1n) is 7.09. The van der Waals surface area contributed by atoms with Crippen LogP contribution in [0.3, 0.4) is 0 Å². The molecule has 5 heteroatoms. The molecule has 1 aliphatic rings. The van der Waals surface area contributed by atoms with E-state index < -0.39 is 5.82 Å². The first-order chi connectivity index (χ1) is 10.6. The molecule has 0 aliphatic heterocycles. The Morgan fingerprint density at radius 3 is 2.64 bits per heavy atom. The summed E-state index contributed by atoms with van der Waals surface area (Å²) in [7, 11) is 0. The van der Waals surface area contributed by atoms with Crippen LogP contribution < -0.4 is 5.48 Å². The first-order valence-corrected chi connectivity index (χ1v) is 7.47. The van der Waals surface area contributed by atoms with Gasteiger partial charge in [-0.15, -0.1) is 0 Å². The summed E-state index contributed by atoms with van der Waals surface area (Å²) in [4.78, 5) is 11.6. The average molecular weight is 320 g/mol. The maximum absolute atomic E-state index is 13.3. The van der Waals surface area contributed by atoms with E-state index in [0.717, 1.165) is 29.5 Å². The zero-order chi connectivity index (χ0) is 15.7. The van der Waals surface area contributed by atoms with Crippen LogP contribution in [0.15, 0.2) is 36.4 Å². The first kappa shape index (κ1) is 15.0. The summed E-state index contributed by atoms with van der Waals surface area (Å²) < 4.78 is 13.3. The van der Waals surface area contributed by atoms with Gasteiger partial charge in [-0.05, 0) is 53.6 Å². The second kappa shape index (κ2) is 6.07. The van der Waals surface area contributed by atoms with E-state index in [1.807, 2.05) is 18.2 Å². The Hall–Kier alpha value is -1.91. The molecular weight excluding hydrogens is 305 g/mol. The fourth-order valence-corrected chi connectivity index (χ4v) is 3.11. The predicted octanol–water partition coefficient (Wildman–Crippen LogP) is 3.76. The van der Waals surface area contributed by atoms with Crippen LogP contribution in [-0.2, 0) is 17.6 Å². The molecule has 0 saturated carbocycles. The van der Waals surface area contributed by atoms with Crippen LogP contribution in [0.1, 0.15) is 17.5 Å². The molecule has 1 amide bonds. The van der Waals surface area contributed by atoms with Gasteiger partial charge in [0, 0.05) is 5.92 Å². The van der Waals surface area contributed by atoms with Gasteiger partial charge < -0.3 is 0 Å². The molecule has 22 heavy (non-hydrogen) atoms. The topological polar surface area (TPSA) is 49.3 Å². The maximum Gasteiger partial charge on any atom is 0.246 e. The Balaban J connectivity index is 1.93. The fourth-order valence-electron chi connectivity index (χ4n) is 2.93. The number of halogens is 2. The van der Waals surface area contributed by atoms with Gasteiger partial charge in [0.1, 0.15) is 5.82 Å². The molecule has 1 unspecified atom stereocenters. The third-order valence-electron chi connectivity index (χ3n) is 4.17. The number of nitrogens with one attached hydrogen (secondary N) is 1. The van der Waals surface area contributed by atoms with Crippen molar-refractivity contribution in [3.63, 3.8) is 0 Å². The van der Waals surface area contributed by atoms with Crippen molar-refractivity contribution in [2.75, 3.05) is 0 Å². The lowest BCUT2D eigenvalue weighted by atomic mass is 9.82. The SMILES string of the molecule is O=C(NO)C1CCc2ccc(-c3ccc(F)c(Cl)c3)cc2C1. The van der Waals surface area contributed by atoms with Crippen LogP contribution in [0.5, 0.6) is 0 Å². The summed E-state index contributed by atoms with van der Waals surface area (Å²) in [6.45, 7) is 0. The van der Waals surface area contributed by atoms with Gasteiger partial charge in [-0.3, -0.25) is 10.0 Å². The number of hydrogen-bond acceptors (Lipinski definition) is 2. The third kappa shape index (κ3) is 2.85. The molecule has 3 rings (SSSR count). The Kier molecular flexibility index (Phi) is 4.14. The van der Waals surface area contributed by atoms with Crippen molar-refractivity contribution in [1.29, 1.82) is 0 Å². The number of rotatable bonds is 2. The van der Waals surface area contributed by atoms with Crippen molar-refractivity contribution in [2.45, 2.75) is 19.3 Å². The molecule has 0 heterocycles. The molecule has 0 aromatic heterocycles. The van der Waals surface area contributed by atoms with Crippen molar-refractivity contribution in [2.24, 2.45) is 5.92 Å². The summed E-state index contributed by atoms with van der Waals surface area (Å²) in [5.41, 5.74) is 5.79. The van der Waals surface area contributed by atoms with E-state index in [0.29, 0.717) is 6.42 Å². The van der Waals surface area contributed by atoms with E-state index in [1.54, 1.807) is 17.6 Å². The molecule has 0 spiro atoms. The minimum atomic E-state index is -0.442. The Morgan fingerprint density at radius 1 is 1.18 bits per heavy atom. The number of amides is 1. The number of hydroxylamine groups is 1. The monoisotopic (exact) mass is 319 g/mol. The van der Waals surface area contributed by atoms with E-state index in [1.165, 1.54) is 11.6 Å². The van der Waals surface area contributed by atoms with Crippen molar-refractivity contribution in [3.05, 3.63) is 58.4 Å². The van der Waals surface area contributed by atoms with Crippen molar-refractivity contribution in [3.8, 4) is 11.1 Å². The van der Waals surface area contributed by atoms with Gasteiger partial charge in [0.2, 0.25) is 5.91 Å². The van der Waals surface area contributed by atoms with E-state index in [9.17, 15) is 9.18 Å².